The summed E-state index contributed by atoms with van der Waals surface area (Å²) in [6, 6.07) is 5.52. The number of rotatable bonds is 6. The zero-order chi connectivity index (χ0) is 15.3. The third kappa shape index (κ3) is 5.06. The van der Waals surface area contributed by atoms with Gasteiger partial charge < -0.3 is 5.32 Å². The Hall–Kier alpha value is -0.600. The van der Waals surface area contributed by atoms with Crippen molar-refractivity contribution in [3.8, 4) is 0 Å². The van der Waals surface area contributed by atoms with Gasteiger partial charge in [0.05, 0.1) is 5.02 Å². The highest BCUT2D eigenvalue weighted by Gasteiger charge is 2.24. The van der Waals surface area contributed by atoms with Crippen molar-refractivity contribution in [2.75, 3.05) is 6.54 Å². The summed E-state index contributed by atoms with van der Waals surface area (Å²) in [5.41, 5.74) is 0.963. The van der Waals surface area contributed by atoms with Gasteiger partial charge in [-0.2, -0.15) is 0 Å². The monoisotopic (exact) mass is 299 g/mol. The zero-order valence-electron chi connectivity index (χ0n) is 13.3. The highest BCUT2D eigenvalue weighted by Crippen LogP contribution is 2.30. The normalized spacial score (nSPS) is 15.2. The number of likely N-dealkylation sites (N-methyl/N-ethyl adjacent to an activating group) is 1. The molecule has 0 radical (unpaired) electrons. The summed E-state index contributed by atoms with van der Waals surface area (Å²) >= 11 is 5.86. The Kier molecular flexibility index (Phi) is 6.47. The molecule has 0 saturated heterocycles. The van der Waals surface area contributed by atoms with Crippen LogP contribution in [0.2, 0.25) is 5.02 Å². The van der Waals surface area contributed by atoms with Gasteiger partial charge in [0.1, 0.15) is 5.82 Å². The maximum absolute atomic E-state index is 14.0. The molecular weight excluding hydrogens is 273 g/mol. The van der Waals surface area contributed by atoms with Crippen LogP contribution in [-0.2, 0) is 6.42 Å². The molecule has 0 aliphatic heterocycles. The van der Waals surface area contributed by atoms with Crippen molar-refractivity contribution in [3.05, 3.63) is 34.6 Å². The molecule has 0 spiro atoms. The van der Waals surface area contributed by atoms with Gasteiger partial charge in [0.2, 0.25) is 0 Å². The number of hydrogen-bond donors (Lipinski definition) is 1. The van der Waals surface area contributed by atoms with Crippen LogP contribution in [0.5, 0.6) is 0 Å². The van der Waals surface area contributed by atoms with Crippen LogP contribution in [-0.4, -0.2) is 12.6 Å². The van der Waals surface area contributed by atoms with Crippen LogP contribution in [0, 0.1) is 17.2 Å². The molecule has 1 aromatic rings. The molecule has 0 aliphatic carbocycles. The molecule has 114 valence electrons. The Labute approximate surface area is 127 Å². The van der Waals surface area contributed by atoms with E-state index in [-0.39, 0.29) is 22.3 Å². The van der Waals surface area contributed by atoms with Crippen molar-refractivity contribution in [2.24, 2.45) is 11.3 Å². The summed E-state index contributed by atoms with van der Waals surface area (Å²) in [6.45, 7) is 12.0. The van der Waals surface area contributed by atoms with E-state index in [0.29, 0.717) is 17.9 Å². The molecule has 1 N–H and O–H groups in total. The average molecular weight is 300 g/mol. The first kappa shape index (κ1) is 17.5. The number of hydrogen-bond acceptors (Lipinski definition) is 1. The molecule has 0 amide bonds. The quantitative estimate of drug-likeness (QED) is 0.773. The summed E-state index contributed by atoms with van der Waals surface area (Å²) in [5, 5.41) is 3.68. The molecule has 2 atom stereocenters. The maximum Gasteiger partial charge on any atom is 0.145 e. The lowest BCUT2D eigenvalue weighted by molar-refractivity contribution is 0.222. The third-order valence-corrected chi connectivity index (χ3v) is 4.40. The van der Waals surface area contributed by atoms with Crippen molar-refractivity contribution in [1.82, 2.24) is 5.32 Å². The molecule has 1 rings (SSSR count). The fourth-order valence-corrected chi connectivity index (χ4v) is 2.47. The van der Waals surface area contributed by atoms with E-state index in [1.165, 1.54) is 0 Å². The first-order chi connectivity index (χ1) is 9.25. The summed E-state index contributed by atoms with van der Waals surface area (Å²) in [4.78, 5) is 0. The number of benzene rings is 1. The van der Waals surface area contributed by atoms with Gasteiger partial charge in [-0.1, -0.05) is 58.4 Å². The Bertz CT molecular complexity index is 425. The molecule has 20 heavy (non-hydrogen) atoms. The van der Waals surface area contributed by atoms with E-state index in [0.717, 1.165) is 13.0 Å². The predicted octanol–water partition coefficient (Wildman–Crippen LogP) is 5.07. The molecule has 0 aromatic heterocycles. The molecule has 0 fully saturated rings. The Morgan fingerprint density at radius 2 is 1.95 bits per heavy atom. The predicted molar refractivity (Wildman–Crippen MR) is 85.8 cm³/mol. The SMILES string of the molecule is CCNC(Cc1cccc(Cl)c1F)CC(C)C(C)(C)C. The van der Waals surface area contributed by atoms with Crippen molar-refractivity contribution in [3.63, 3.8) is 0 Å². The molecule has 2 unspecified atom stereocenters. The van der Waals surface area contributed by atoms with Gasteiger partial charge >= 0.3 is 0 Å². The number of halogens is 2. The van der Waals surface area contributed by atoms with Crippen LogP contribution in [0.3, 0.4) is 0 Å². The van der Waals surface area contributed by atoms with Crippen molar-refractivity contribution in [1.29, 1.82) is 0 Å². The molecule has 0 bridgehead atoms. The Balaban J connectivity index is 2.79. The second kappa shape index (κ2) is 7.42. The minimum absolute atomic E-state index is 0.210. The number of nitrogens with one attached hydrogen (secondary N) is 1. The maximum atomic E-state index is 14.0. The minimum atomic E-state index is -0.277. The van der Waals surface area contributed by atoms with E-state index in [1.54, 1.807) is 6.07 Å². The van der Waals surface area contributed by atoms with Gasteiger partial charge in [-0.25, -0.2) is 4.39 Å². The molecule has 1 nitrogen and oxygen atoms in total. The summed E-state index contributed by atoms with van der Waals surface area (Å²) in [5.74, 6) is 0.286. The van der Waals surface area contributed by atoms with Crippen LogP contribution in [0.1, 0.15) is 46.6 Å². The lowest BCUT2D eigenvalue weighted by Gasteiger charge is -2.31. The molecule has 1 aromatic carbocycles. The second-order valence-electron chi connectivity index (χ2n) is 6.67. The smallest absolute Gasteiger partial charge is 0.145 e. The van der Waals surface area contributed by atoms with E-state index in [9.17, 15) is 4.39 Å². The van der Waals surface area contributed by atoms with Crippen LogP contribution >= 0.6 is 11.6 Å². The van der Waals surface area contributed by atoms with E-state index < -0.39 is 0 Å². The molecule has 3 heteroatoms. The van der Waals surface area contributed by atoms with Gasteiger partial charge in [0.15, 0.2) is 0 Å². The summed E-state index contributed by atoms with van der Waals surface area (Å²) in [7, 11) is 0. The van der Waals surface area contributed by atoms with Gasteiger partial charge in [-0.15, -0.1) is 0 Å². The molecule has 0 heterocycles. The average Bonchev–Trinajstić information content (AvgIpc) is 2.34. The van der Waals surface area contributed by atoms with Gasteiger partial charge in [-0.3, -0.25) is 0 Å². The first-order valence-electron chi connectivity index (χ1n) is 7.42. The minimum Gasteiger partial charge on any atom is -0.314 e. The first-order valence-corrected chi connectivity index (χ1v) is 7.79. The van der Waals surface area contributed by atoms with Crippen molar-refractivity contribution >= 4 is 11.6 Å². The topological polar surface area (TPSA) is 12.0 Å². The van der Waals surface area contributed by atoms with Gasteiger partial charge in [0, 0.05) is 6.04 Å². The second-order valence-corrected chi connectivity index (χ2v) is 7.08. The van der Waals surface area contributed by atoms with Crippen molar-refractivity contribution < 1.29 is 4.39 Å². The van der Waals surface area contributed by atoms with E-state index >= 15 is 0 Å². The van der Waals surface area contributed by atoms with Crippen molar-refractivity contribution in [2.45, 2.75) is 53.5 Å². The highest BCUT2D eigenvalue weighted by atomic mass is 35.5. The fraction of sp³-hybridized carbons (Fsp3) is 0.647. The fourth-order valence-electron chi connectivity index (χ4n) is 2.28. The van der Waals surface area contributed by atoms with Crippen LogP contribution in [0.4, 0.5) is 4.39 Å². The van der Waals surface area contributed by atoms with Gasteiger partial charge in [0.25, 0.3) is 0 Å². The van der Waals surface area contributed by atoms with Crippen LogP contribution < -0.4 is 5.32 Å². The van der Waals surface area contributed by atoms with Crippen LogP contribution in [0.15, 0.2) is 18.2 Å². The lowest BCUT2D eigenvalue weighted by atomic mass is 9.78. The lowest BCUT2D eigenvalue weighted by Crippen LogP contribution is -2.35. The van der Waals surface area contributed by atoms with E-state index in [4.69, 9.17) is 11.6 Å². The summed E-state index contributed by atoms with van der Waals surface area (Å²) < 4.78 is 14.0. The van der Waals surface area contributed by atoms with E-state index in [2.05, 4.69) is 39.9 Å². The highest BCUT2D eigenvalue weighted by molar-refractivity contribution is 6.30. The largest absolute Gasteiger partial charge is 0.314 e. The zero-order valence-corrected chi connectivity index (χ0v) is 14.0. The molecule has 0 aliphatic rings. The van der Waals surface area contributed by atoms with Gasteiger partial charge in [-0.05, 0) is 42.3 Å². The third-order valence-electron chi connectivity index (χ3n) is 4.11. The molecular formula is C17H27ClFN. The van der Waals surface area contributed by atoms with E-state index in [1.807, 2.05) is 12.1 Å². The standard InChI is InChI=1S/C17H27ClFN/c1-6-20-14(10-12(2)17(3,4)5)11-13-8-7-9-15(18)16(13)19/h7-9,12,14,20H,6,10-11H2,1-5H3. The van der Waals surface area contributed by atoms with Crippen LogP contribution in [0.25, 0.3) is 0 Å². The molecule has 0 saturated carbocycles. The summed E-state index contributed by atoms with van der Waals surface area (Å²) in [6.07, 6.45) is 1.71. The Morgan fingerprint density at radius 3 is 2.50 bits per heavy atom. The Morgan fingerprint density at radius 1 is 1.30 bits per heavy atom.